The van der Waals surface area contributed by atoms with Gasteiger partial charge in [-0.25, -0.2) is 0 Å². The lowest BCUT2D eigenvalue weighted by molar-refractivity contribution is -0.164. The zero-order valence-corrected chi connectivity index (χ0v) is 19.9. The Morgan fingerprint density at radius 3 is 2.31 bits per heavy atom. The average Bonchev–Trinajstić information content (AvgIpc) is 3.37. The molecule has 0 bridgehead atoms. The second-order valence-corrected chi connectivity index (χ2v) is 8.24. The van der Waals surface area contributed by atoms with Crippen molar-refractivity contribution in [3.8, 4) is 34.5 Å². The van der Waals surface area contributed by atoms with Crippen LogP contribution in [0, 0.1) is 0 Å². The topological polar surface area (TPSA) is 75.7 Å². The van der Waals surface area contributed by atoms with Crippen LogP contribution in [0.1, 0.15) is 17.2 Å². The van der Waals surface area contributed by atoms with Gasteiger partial charge in [-0.3, -0.25) is 4.79 Å². The predicted molar refractivity (Wildman–Crippen MR) is 128 cm³/mol. The van der Waals surface area contributed by atoms with Crippen molar-refractivity contribution in [2.45, 2.75) is 18.6 Å². The molecule has 0 aromatic heterocycles. The fourth-order valence-electron chi connectivity index (χ4n) is 4.42. The summed E-state index contributed by atoms with van der Waals surface area (Å²) in [4.78, 5) is 15.1. The lowest BCUT2D eigenvalue weighted by Gasteiger charge is -2.47. The first kappa shape index (κ1) is 22.7. The van der Waals surface area contributed by atoms with Crippen molar-refractivity contribution in [2.75, 3.05) is 34.7 Å². The number of amides is 1. The largest absolute Gasteiger partial charge is 0.497 e. The highest BCUT2D eigenvalue weighted by atomic mass is 16.7. The van der Waals surface area contributed by atoms with Crippen LogP contribution >= 0.6 is 0 Å². The number of ether oxygens (including phenoxy) is 6. The molecule has 182 valence electrons. The fourth-order valence-corrected chi connectivity index (χ4v) is 4.42. The van der Waals surface area contributed by atoms with Crippen molar-refractivity contribution in [1.82, 2.24) is 4.90 Å². The highest BCUT2D eigenvalue weighted by Gasteiger charge is 2.50. The number of rotatable bonds is 9. The predicted octanol–water partition coefficient (Wildman–Crippen LogP) is 4.01. The molecular formula is C27H27NO7. The Bertz CT molecular complexity index is 1210. The second kappa shape index (κ2) is 9.66. The maximum Gasteiger partial charge on any atom is 0.266 e. The van der Waals surface area contributed by atoms with Crippen molar-refractivity contribution in [3.05, 3.63) is 71.8 Å². The molecule has 35 heavy (non-hydrogen) atoms. The standard InChI is InChI=1S/C27H27NO7/c1-30-19-6-8-20(9-7-19)35-26-25(18-5-11-22-24(15-18)34-16-33-22)28(27(26)29)13-12-17-4-10-21(31-2)23(14-17)32-3/h4-11,14-15,25-26H,12-13,16H2,1-3H3/t25-,26-/m1/s1. The van der Waals surface area contributed by atoms with Gasteiger partial charge in [-0.05, 0) is 66.1 Å². The maximum absolute atomic E-state index is 13.2. The molecule has 0 N–H and O–H groups in total. The number of carbonyl (C=O) groups is 1. The molecule has 0 saturated carbocycles. The third kappa shape index (κ3) is 4.39. The summed E-state index contributed by atoms with van der Waals surface area (Å²) in [5.74, 6) is 3.96. The van der Waals surface area contributed by atoms with Crippen LogP contribution in [0.4, 0.5) is 0 Å². The van der Waals surface area contributed by atoms with E-state index >= 15 is 0 Å². The van der Waals surface area contributed by atoms with E-state index in [2.05, 4.69) is 0 Å². The summed E-state index contributed by atoms with van der Waals surface area (Å²) in [6.07, 6.45) is 0.0109. The van der Waals surface area contributed by atoms with E-state index < -0.39 is 6.10 Å². The number of hydrogen-bond donors (Lipinski definition) is 0. The van der Waals surface area contributed by atoms with E-state index in [9.17, 15) is 4.79 Å². The molecule has 0 aliphatic carbocycles. The minimum atomic E-state index is -0.644. The van der Waals surface area contributed by atoms with Crippen molar-refractivity contribution in [2.24, 2.45) is 0 Å². The Kier molecular flexibility index (Phi) is 6.27. The van der Waals surface area contributed by atoms with Gasteiger partial charge < -0.3 is 33.3 Å². The number of hydrogen-bond acceptors (Lipinski definition) is 7. The van der Waals surface area contributed by atoms with Gasteiger partial charge in [-0.2, -0.15) is 0 Å². The lowest BCUT2D eigenvalue weighted by atomic mass is 9.89. The summed E-state index contributed by atoms with van der Waals surface area (Å²) in [6, 6.07) is 18.5. The first-order valence-corrected chi connectivity index (χ1v) is 11.3. The molecule has 2 aliphatic heterocycles. The summed E-state index contributed by atoms with van der Waals surface area (Å²) in [5.41, 5.74) is 1.97. The summed E-state index contributed by atoms with van der Waals surface area (Å²) in [6.45, 7) is 0.715. The van der Waals surface area contributed by atoms with Gasteiger partial charge in [-0.1, -0.05) is 12.1 Å². The number of likely N-dealkylation sites (tertiary alicyclic amines) is 1. The van der Waals surface area contributed by atoms with Crippen LogP contribution in [0.25, 0.3) is 0 Å². The van der Waals surface area contributed by atoms with Crippen molar-refractivity contribution < 1.29 is 33.2 Å². The van der Waals surface area contributed by atoms with E-state index in [4.69, 9.17) is 28.4 Å². The van der Waals surface area contributed by atoms with Crippen LogP contribution in [0.15, 0.2) is 60.7 Å². The highest BCUT2D eigenvalue weighted by molar-refractivity contribution is 5.89. The summed E-state index contributed by atoms with van der Waals surface area (Å²) in [7, 11) is 4.82. The molecule has 3 aromatic rings. The number of benzene rings is 3. The minimum absolute atomic E-state index is 0.0658. The van der Waals surface area contributed by atoms with Gasteiger partial charge in [-0.15, -0.1) is 0 Å². The molecule has 1 fully saturated rings. The molecule has 2 heterocycles. The van der Waals surface area contributed by atoms with Gasteiger partial charge in [0.15, 0.2) is 23.0 Å². The Morgan fingerprint density at radius 2 is 1.57 bits per heavy atom. The Balaban J connectivity index is 1.37. The van der Waals surface area contributed by atoms with Crippen molar-refractivity contribution >= 4 is 5.91 Å². The molecule has 1 amide bonds. The fraction of sp³-hybridized carbons (Fsp3) is 0.296. The first-order chi connectivity index (χ1) is 17.1. The smallest absolute Gasteiger partial charge is 0.266 e. The third-order valence-corrected chi connectivity index (χ3v) is 6.30. The van der Waals surface area contributed by atoms with Crippen molar-refractivity contribution in [1.29, 1.82) is 0 Å². The second-order valence-electron chi connectivity index (χ2n) is 8.24. The van der Waals surface area contributed by atoms with E-state index in [1.54, 1.807) is 33.5 Å². The molecule has 2 atom stereocenters. The van der Waals surface area contributed by atoms with Crippen LogP contribution in [-0.4, -0.2) is 51.6 Å². The monoisotopic (exact) mass is 477 g/mol. The molecule has 0 unspecified atom stereocenters. The molecular weight excluding hydrogens is 450 g/mol. The summed E-state index contributed by atoms with van der Waals surface area (Å²) >= 11 is 0. The first-order valence-electron chi connectivity index (χ1n) is 11.3. The van der Waals surface area contributed by atoms with Crippen LogP contribution < -0.4 is 28.4 Å². The maximum atomic E-state index is 13.2. The number of methoxy groups -OCH3 is 3. The van der Waals surface area contributed by atoms with Crippen molar-refractivity contribution in [3.63, 3.8) is 0 Å². The lowest BCUT2D eigenvalue weighted by Crippen LogP contribution is -2.61. The van der Waals surface area contributed by atoms with E-state index in [0.29, 0.717) is 41.7 Å². The molecule has 3 aromatic carbocycles. The van der Waals surface area contributed by atoms with E-state index in [1.807, 2.05) is 53.4 Å². The number of β-lactam (4-membered cyclic amide) rings is 1. The van der Waals surface area contributed by atoms with E-state index in [-0.39, 0.29) is 18.7 Å². The zero-order chi connectivity index (χ0) is 24.4. The molecule has 5 rings (SSSR count). The van der Waals surface area contributed by atoms with Crippen LogP contribution in [0.2, 0.25) is 0 Å². The Labute approximate surface area is 203 Å². The normalized spacial score (nSPS) is 18.1. The highest BCUT2D eigenvalue weighted by Crippen LogP contribution is 2.42. The van der Waals surface area contributed by atoms with Gasteiger partial charge in [0.2, 0.25) is 12.9 Å². The molecule has 2 aliphatic rings. The molecule has 0 spiro atoms. The molecule has 8 nitrogen and oxygen atoms in total. The summed E-state index contributed by atoms with van der Waals surface area (Å²) < 4.78 is 33.1. The number of fused-ring (bicyclic) bond motifs is 1. The van der Waals surface area contributed by atoms with Crippen LogP contribution in [0.3, 0.4) is 0 Å². The van der Waals surface area contributed by atoms with Gasteiger partial charge in [0.25, 0.3) is 5.91 Å². The minimum Gasteiger partial charge on any atom is -0.497 e. The molecule has 1 saturated heterocycles. The van der Waals surface area contributed by atoms with Gasteiger partial charge in [0.05, 0.1) is 21.3 Å². The third-order valence-electron chi connectivity index (χ3n) is 6.30. The Morgan fingerprint density at radius 1 is 0.829 bits per heavy atom. The van der Waals surface area contributed by atoms with Gasteiger partial charge in [0.1, 0.15) is 17.5 Å². The zero-order valence-electron chi connectivity index (χ0n) is 19.9. The average molecular weight is 478 g/mol. The van der Waals surface area contributed by atoms with E-state index in [1.165, 1.54) is 0 Å². The van der Waals surface area contributed by atoms with Crippen LogP contribution in [-0.2, 0) is 11.2 Å². The number of nitrogens with zero attached hydrogens (tertiary/aromatic N) is 1. The van der Waals surface area contributed by atoms with Gasteiger partial charge >= 0.3 is 0 Å². The van der Waals surface area contributed by atoms with Crippen LogP contribution in [0.5, 0.6) is 34.5 Å². The SMILES string of the molecule is COc1ccc(O[C@H]2C(=O)N(CCc3ccc(OC)c(OC)c3)[C@@H]2c2ccc3c(c2)OCO3)cc1. The van der Waals surface area contributed by atoms with E-state index in [0.717, 1.165) is 16.9 Å². The molecule has 0 radical (unpaired) electrons. The quantitative estimate of drug-likeness (QED) is 0.431. The number of carbonyl (C=O) groups excluding carboxylic acids is 1. The Hall–Kier alpha value is -4.07. The van der Waals surface area contributed by atoms with Gasteiger partial charge in [0, 0.05) is 6.54 Å². The summed E-state index contributed by atoms with van der Waals surface area (Å²) in [5, 5.41) is 0. The molecule has 8 heteroatoms.